The molecule has 1 N–H and O–H groups in total. The number of carbonyl (C=O) groups is 1. The predicted molar refractivity (Wildman–Crippen MR) is 66.4 cm³/mol. The summed E-state index contributed by atoms with van der Waals surface area (Å²) < 4.78 is 0. The standard InChI is InChI=1S/C14H19NO2/c1-2-11-3-5-12(6-4-11)8-15-9-13(10-16)7-14(15)17/h3-6,13,16H,2,7-10H2,1H3. The van der Waals surface area contributed by atoms with Crippen molar-refractivity contribution in [3.63, 3.8) is 0 Å². The molecular formula is C14H19NO2. The summed E-state index contributed by atoms with van der Waals surface area (Å²) in [5, 5.41) is 9.06. The smallest absolute Gasteiger partial charge is 0.223 e. The van der Waals surface area contributed by atoms with Crippen LogP contribution in [0.25, 0.3) is 0 Å². The van der Waals surface area contributed by atoms with Crippen LogP contribution in [0, 0.1) is 5.92 Å². The minimum Gasteiger partial charge on any atom is -0.396 e. The Morgan fingerprint density at radius 2 is 1.94 bits per heavy atom. The first-order chi connectivity index (χ1) is 8.22. The minimum atomic E-state index is 0.108. The number of rotatable bonds is 4. The SMILES string of the molecule is CCc1ccc(CN2CC(CO)CC2=O)cc1. The van der Waals surface area contributed by atoms with Gasteiger partial charge in [-0.3, -0.25) is 4.79 Å². The third kappa shape index (κ3) is 2.86. The van der Waals surface area contributed by atoms with Crippen LogP contribution in [0.3, 0.4) is 0 Å². The van der Waals surface area contributed by atoms with Gasteiger partial charge in [0.1, 0.15) is 0 Å². The number of aliphatic hydroxyl groups excluding tert-OH is 1. The average Bonchev–Trinajstić information content (AvgIpc) is 2.71. The molecule has 0 saturated carbocycles. The number of benzene rings is 1. The van der Waals surface area contributed by atoms with Crippen LogP contribution in [0.1, 0.15) is 24.5 Å². The highest BCUT2D eigenvalue weighted by molar-refractivity contribution is 5.78. The number of carbonyl (C=O) groups excluding carboxylic acids is 1. The van der Waals surface area contributed by atoms with E-state index in [2.05, 4.69) is 31.2 Å². The molecular weight excluding hydrogens is 214 g/mol. The van der Waals surface area contributed by atoms with Gasteiger partial charge in [0.15, 0.2) is 0 Å². The molecule has 1 aliphatic heterocycles. The maximum atomic E-state index is 11.7. The van der Waals surface area contributed by atoms with Crippen molar-refractivity contribution < 1.29 is 9.90 Å². The zero-order chi connectivity index (χ0) is 12.3. The number of hydrogen-bond acceptors (Lipinski definition) is 2. The molecule has 0 bridgehead atoms. The fraction of sp³-hybridized carbons (Fsp3) is 0.500. The van der Waals surface area contributed by atoms with Gasteiger partial charge in [-0.1, -0.05) is 31.2 Å². The molecule has 1 heterocycles. The quantitative estimate of drug-likeness (QED) is 0.858. The molecule has 1 atom stereocenters. The van der Waals surface area contributed by atoms with E-state index in [-0.39, 0.29) is 18.4 Å². The lowest BCUT2D eigenvalue weighted by atomic mass is 10.1. The Morgan fingerprint density at radius 3 is 2.47 bits per heavy atom. The maximum Gasteiger partial charge on any atom is 0.223 e. The first-order valence-corrected chi connectivity index (χ1v) is 6.19. The van der Waals surface area contributed by atoms with Crippen LogP contribution in [0.5, 0.6) is 0 Å². The summed E-state index contributed by atoms with van der Waals surface area (Å²) in [6, 6.07) is 8.38. The Hall–Kier alpha value is -1.35. The van der Waals surface area contributed by atoms with E-state index in [0.29, 0.717) is 19.5 Å². The third-order valence-electron chi connectivity index (χ3n) is 3.36. The number of hydrogen-bond donors (Lipinski definition) is 1. The lowest BCUT2D eigenvalue weighted by Crippen LogP contribution is -2.24. The topological polar surface area (TPSA) is 40.5 Å². The van der Waals surface area contributed by atoms with Crippen molar-refractivity contribution in [2.75, 3.05) is 13.2 Å². The summed E-state index contributed by atoms with van der Waals surface area (Å²) in [5.74, 6) is 0.279. The molecule has 1 aromatic carbocycles. The van der Waals surface area contributed by atoms with E-state index in [1.54, 1.807) is 0 Å². The molecule has 92 valence electrons. The van der Waals surface area contributed by atoms with Gasteiger partial charge in [0.05, 0.1) is 0 Å². The van der Waals surface area contributed by atoms with Crippen LogP contribution in [0.2, 0.25) is 0 Å². The Labute approximate surface area is 102 Å². The summed E-state index contributed by atoms with van der Waals surface area (Å²) in [6.45, 7) is 3.59. The summed E-state index contributed by atoms with van der Waals surface area (Å²) >= 11 is 0. The summed E-state index contributed by atoms with van der Waals surface area (Å²) in [6.07, 6.45) is 1.53. The number of nitrogens with zero attached hydrogens (tertiary/aromatic N) is 1. The van der Waals surface area contributed by atoms with Gasteiger partial charge in [0, 0.05) is 32.0 Å². The lowest BCUT2D eigenvalue weighted by molar-refractivity contribution is -0.128. The van der Waals surface area contributed by atoms with Gasteiger partial charge in [-0.2, -0.15) is 0 Å². The average molecular weight is 233 g/mol. The highest BCUT2D eigenvalue weighted by atomic mass is 16.3. The van der Waals surface area contributed by atoms with E-state index in [4.69, 9.17) is 5.11 Å². The van der Waals surface area contributed by atoms with Crippen LogP contribution < -0.4 is 0 Å². The van der Waals surface area contributed by atoms with Gasteiger partial charge < -0.3 is 10.0 Å². The summed E-state index contributed by atoms with van der Waals surface area (Å²) in [4.78, 5) is 13.5. The molecule has 3 heteroatoms. The summed E-state index contributed by atoms with van der Waals surface area (Å²) in [5.41, 5.74) is 2.48. The highest BCUT2D eigenvalue weighted by Gasteiger charge is 2.28. The Morgan fingerprint density at radius 1 is 1.29 bits per heavy atom. The van der Waals surface area contributed by atoms with Crippen molar-refractivity contribution in [2.45, 2.75) is 26.3 Å². The number of amides is 1. The fourth-order valence-corrected chi connectivity index (χ4v) is 2.23. The summed E-state index contributed by atoms with van der Waals surface area (Å²) in [7, 11) is 0. The monoisotopic (exact) mass is 233 g/mol. The number of aryl methyl sites for hydroxylation is 1. The van der Waals surface area contributed by atoms with Gasteiger partial charge in [0.25, 0.3) is 0 Å². The molecule has 0 aromatic heterocycles. The Balaban J connectivity index is 1.98. The maximum absolute atomic E-state index is 11.7. The van der Waals surface area contributed by atoms with Gasteiger partial charge >= 0.3 is 0 Å². The van der Waals surface area contributed by atoms with E-state index in [9.17, 15) is 4.79 Å². The van der Waals surface area contributed by atoms with Crippen molar-refractivity contribution in [3.05, 3.63) is 35.4 Å². The van der Waals surface area contributed by atoms with E-state index in [1.807, 2.05) is 4.90 Å². The molecule has 1 unspecified atom stereocenters. The largest absolute Gasteiger partial charge is 0.396 e. The van der Waals surface area contributed by atoms with Crippen molar-refractivity contribution in [3.8, 4) is 0 Å². The third-order valence-corrected chi connectivity index (χ3v) is 3.36. The van der Waals surface area contributed by atoms with Crippen molar-refractivity contribution >= 4 is 5.91 Å². The molecule has 2 rings (SSSR count). The molecule has 0 radical (unpaired) electrons. The first-order valence-electron chi connectivity index (χ1n) is 6.19. The van der Waals surface area contributed by atoms with E-state index >= 15 is 0 Å². The van der Waals surface area contributed by atoms with Crippen LogP contribution in [-0.4, -0.2) is 29.1 Å². The van der Waals surface area contributed by atoms with Crippen LogP contribution in [0.4, 0.5) is 0 Å². The van der Waals surface area contributed by atoms with Gasteiger partial charge in [-0.25, -0.2) is 0 Å². The van der Waals surface area contributed by atoms with Gasteiger partial charge in [0.2, 0.25) is 5.91 Å². The molecule has 0 spiro atoms. The van der Waals surface area contributed by atoms with Crippen molar-refractivity contribution in [2.24, 2.45) is 5.92 Å². The van der Waals surface area contributed by atoms with Crippen molar-refractivity contribution in [1.29, 1.82) is 0 Å². The van der Waals surface area contributed by atoms with Crippen LogP contribution >= 0.6 is 0 Å². The minimum absolute atomic E-state index is 0.108. The zero-order valence-electron chi connectivity index (χ0n) is 10.2. The molecule has 17 heavy (non-hydrogen) atoms. The van der Waals surface area contributed by atoms with Gasteiger partial charge in [-0.15, -0.1) is 0 Å². The van der Waals surface area contributed by atoms with Crippen LogP contribution in [0.15, 0.2) is 24.3 Å². The first kappa shape index (κ1) is 12.1. The zero-order valence-corrected chi connectivity index (χ0v) is 10.2. The molecule has 1 amide bonds. The molecule has 3 nitrogen and oxygen atoms in total. The van der Waals surface area contributed by atoms with E-state index < -0.39 is 0 Å². The second-order valence-electron chi connectivity index (χ2n) is 4.70. The second-order valence-corrected chi connectivity index (χ2v) is 4.70. The number of aliphatic hydroxyl groups is 1. The molecule has 1 aliphatic rings. The molecule has 1 fully saturated rings. The second kappa shape index (κ2) is 5.32. The Kier molecular flexibility index (Phi) is 3.79. The molecule has 1 saturated heterocycles. The number of likely N-dealkylation sites (tertiary alicyclic amines) is 1. The highest BCUT2D eigenvalue weighted by Crippen LogP contribution is 2.19. The van der Waals surface area contributed by atoms with Gasteiger partial charge in [-0.05, 0) is 17.5 Å². The van der Waals surface area contributed by atoms with Crippen molar-refractivity contribution in [1.82, 2.24) is 4.90 Å². The normalized spacial score (nSPS) is 20.0. The Bertz CT molecular complexity index is 386. The van der Waals surface area contributed by atoms with E-state index in [0.717, 1.165) is 12.0 Å². The van der Waals surface area contributed by atoms with E-state index in [1.165, 1.54) is 5.56 Å². The predicted octanol–water partition coefficient (Wildman–Crippen LogP) is 1.59. The lowest BCUT2D eigenvalue weighted by Gasteiger charge is -2.16. The molecule has 0 aliphatic carbocycles. The fourth-order valence-electron chi connectivity index (χ4n) is 2.23. The molecule has 1 aromatic rings. The van der Waals surface area contributed by atoms with Crippen LogP contribution in [-0.2, 0) is 17.8 Å².